The summed E-state index contributed by atoms with van der Waals surface area (Å²) in [5.74, 6) is -1.40. The number of hydrogen-bond acceptors (Lipinski definition) is 3. The summed E-state index contributed by atoms with van der Waals surface area (Å²) in [6.07, 6.45) is 1.53. The van der Waals surface area contributed by atoms with Gasteiger partial charge in [0.2, 0.25) is 0 Å². The molecule has 0 aliphatic heterocycles. The molecule has 2 aromatic rings. The van der Waals surface area contributed by atoms with E-state index < -0.39 is 5.97 Å². The number of aromatic carboxylic acids is 1. The van der Waals surface area contributed by atoms with Crippen LogP contribution in [0.2, 0.25) is 5.02 Å². The van der Waals surface area contributed by atoms with E-state index in [1.807, 2.05) is 0 Å². The van der Waals surface area contributed by atoms with Gasteiger partial charge in [-0.3, -0.25) is 4.79 Å². The highest BCUT2D eigenvalue weighted by Crippen LogP contribution is 2.23. The molecule has 0 aliphatic rings. The van der Waals surface area contributed by atoms with Crippen LogP contribution >= 0.6 is 22.9 Å². The van der Waals surface area contributed by atoms with Crippen molar-refractivity contribution < 1.29 is 14.7 Å². The smallest absolute Gasteiger partial charge is 0.352 e. The molecule has 0 bridgehead atoms. The number of carboxylic acids is 1. The quantitative estimate of drug-likeness (QED) is 0.910. The predicted molar refractivity (Wildman–Crippen MR) is 69.7 cm³/mol. The molecule has 0 radical (unpaired) electrons. The average Bonchev–Trinajstić information content (AvgIpc) is 2.84. The Morgan fingerprint density at radius 3 is 2.72 bits per heavy atom. The zero-order valence-corrected chi connectivity index (χ0v) is 10.9. The standard InChI is InChI=1S/C11H9ClN2O3S/c1-14-5-6(4-8(14)11(16)17)13-10(15)9-7(12)2-3-18-9/h2-5H,1H3,(H,13,15)(H,16,17). The highest BCUT2D eigenvalue weighted by atomic mass is 35.5. The summed E-state index contributed by atoms with van der Waals surface area (Å²) in [6, 6.07) is 3.02. The van der Waals surface area contributed by atoms with Gasteiger partial charge in [-0.05, 0) is 17.5 Å². The van der Waals surface area contributed by atoms with Gasteiger partial charge < -0.3 is 15.0 Å². The van der Waals surface area contributed by atoms with Crippen LogP contribution in [0.4, 0.5) is 5.69 Å². The summed E-state index contributed by atoms with van der Waals surface area (Å²) < 4.78 is 1.42. The number of anilines is 1. The fourth-order valence-electron chi connectivity index (χ4n) is 1.49. The fraction of sp³-hybridized carbons (Fsp3) is 0.0909. The van der Waals surface area contributed by atoms with E-state index in [1.54, 1.807) is 18.5 Å². The number of carbonyl (C=O) groups is 2. The second-order valence-corrected chi connectivity index (χ2v) is 4.91. The van der Waals surface area contributed by atoms with E-state index in [4.69, 9.17) is 16.7 Å². The predicted octanol–water partition coefficient (Wildman–Crippen LogP) is 2.69. The molecule has 0 saturated heterocycles. The Labute approximate surface area is 112 Å². The molecule has 94 valence electrons. The summed E-state index contributed by atoms with van der Waals surface area (Å²) in [4.78, 5) is 23.1. The molecule has 2 heterocycles. The minimum absolute atomic E-state index is 0.0996. The maximum atomic E-state index is 11.8. The zero-order valence-electron chi connectivity index (χ0n) is 9.31. The lowest BCUT2D eigenvalue weighted by Crippen LogP contribution is -2.09. The molecular formula is C11H9ClN2O3S. The number of hydrogen-bond donors (Lipinski definition) is 2. The molecule has 0 unspecified atom stereocenters. The second kappa shape index (κ2) is 4.83. The van der Waals surface area contributed by atoms with Crippen molar-refractivity contribution in [1.82, 2.24) is 4.57 Å². The first-order valence-electron chi connectivity index (χ1n) is 4.93. The number of aryl methyl sites for hydroxylation is 1. The SMILES string of the molecule is Cn1cc(NC(=O)c2sccc2Cl)cc1C(=O)O. The van der Waals surface area contributed by atoms with E-state index in [1.165, 1.54) is 28.2 Å². The van der Waals surface area contributed by atoms with Gasteiger partial charge in [-0.15, -0.1) is 11.3 Å². The Morgan fingerprint density at radius 2 is 2.22 bits per heavy atom. The van der Waals surface area contributed by atoms with Gasteiger partial charge in [0, 0.05) is 13.2 Å². The van der Waals surface area contributed by atoms with Gasteiger partial charge in [-0.25, -0.2) is 4.79 Å². The van der Waals surface area contributed by atoms with Crippen LogP contribution in [0, 0.1) is 0 Å². The van der Waals surface area contributed by atoms with Crippen LogP contribution in [0.1, 0.15) is 20.2 Å². The number of rotatable bonds is 3. The lowest BCUT2D eigenvalue weighted by molar-refractivity contribution is 0.0686. The van der Waals surface area contributed by atoms with E-state index in [0.717, 1.165) is 0 Å². The Balaban J connectivity index is 2.20. The van der Waals surface area contributed by atoms with Gasteiger partial charge in [0.1, 0.15) is 10.6 Å². The number of nitrogens with zero attached hydrogens (tertiary/aromatic N) is 1. The van der Waals surface area contributed by atoms with Crippen molar-refractivity contribution in [1.29, 1.82) is 0 Å². The Bertz CT molecular complexity index is 618. The highest BCUT2D eigenvalue weighted by molar-refractivity contribution is 7.12. The van der Waals surface area contributed by atoms with Crippen molar-refractivity contribution in [2.24, 2.45) is 7.05 Å². The maximum absolute atomic E-state index is 11.8. The van der Waals surface area contributed by atoms with Gasteiger partial charge in [0.05, 0.1) is 10.7 Å². The molecule has 5 nitrogen and oxygen atoms in total. The number of carboxylic acid groups (broad SMARTS) is 1. The third-order valence-electron chi connectivity index (χ3n) is 2.31. The van der Waals surface area contributed by atoms with Crippen molar-refractivity contribution in [3.05, 3.63) is 39.3 Å². The number of thiophene rings is 1. The van der Waals surface area contributed by atoms with E-state index in [-0.39, 0.29) is 11.6 Å². The zero-order chi connectivity index (χ0) is 13.3. The van der Waals surface area contributed by atoms with Crippen molar-refractivity contribution in [2.45, 2.75) is 0 Å². The summed E-state index contributed by atoms with van der Waals surface area (Å²) in [7, 11) is 1.59. The minimum atomic E-state index is -1.05. The number of aromatic nitrogens is 1. The highest BCUT2D eigenvalue weighted by Gasteiger charge is 2.15. The lowest BCUT2D eigenvalue weighted by Gasteiger charge is -2.00. The Morgan fingerprint density at radius 1 is 1.50 bits per heavy atom. The second-order valence-electron chi connectivity index (χ2n) is 3.58. The first-order valence-corrected chi connectivity index (χ1v) is 6.19. The van der Waals surface area contributed by atoms with Crippen LogP contribution in [-0.2, 0) is 7.05 Å². The third-order valence-corrected chi connectivity index (χ3v) is 3.65. The summed E-state index contributed by atoms with van der Waals surface area (Å²) in [6.45, 7) is 0. The lowest BCUT2D eigenvalue weighted by atomic mass is 10.4. The number of nitrogens with one attached hydrogen (secondary N) is 1. The molecule has 0 aliphatic carbocycles. The molecule has 0 atom stereocenters. The molecule has 0 saturated carbocycles. The van der Waals surface area contributed by atoms with Crippen molar-refractivity contribution in [3.8, 4) is 0 Å². The molecular weight excluding hydrogens is 276 g/mol. The topological polar surface area (TPSA) is 71.3 Å². The molecule has 2 N–H and O–H groups in total. The normalized spacial score (nSPS) is 10.3. The van der Waals surface area contributed by atoms with Gasteiger partial charge >= 0.3 is 5.97 Å². The van der Waals surface area contributed by atoms with E-state index in [2.05, 4.69) is 5.32 Å². The average molecular weight is 285 g/mol. The van der Waals surface area contributed by atoms with Gasteiger partial charge in [-0.1, -0.05) is 11.6 Å². The fourth-order valence-corrected chi connectivity index (χ4v) is 2.53. The van der Waals surface area contributed by atoms with E-state index >= 15 is 0 Å². The first kappa shape index (κ1) is 12.7. The molecule has 0 fully saturated rings. The number of halogens is 1. The largest absolute Gasteiger partial charge is 0.477 e. The van der Waals surface area contributed by atoms with Gasteiger partial charge in [0.15, 0.2) is 0 Å². The minimum Gasteiger partial charge on any atom is -0.477 e. The molecule has 7 heteroatoms. The van der Waals surface area contributed by atoms with Crippen molar-refractivity contribution in [2.75, 3.05) is 5.32 Å². The van der Waals surface area contributed by atoms with Crippen molar-refractivity contribution >= 4 is 40.5 Å². The molecule has 0 spiro atoms. The third kappa shape index (κ3) is 2.39. The molecule has 1 amide bonds. The van der Waals surface area contributed by atoms with Crippen LogP contribution < -0.4 is 5.32 Å². The molecule has 0 aromatic carbocycles. The summed E-state index contributed by atoms with van der Waals surface area (Å²) in [5, 5.41) is 13.6. The van der Waals surface area contributed by atoms with Crippen LogP contribution in [-0.4, -0.2) is 21.6 Å². The maximum Gasteiger partial charge on any atom is 0.352 e. The first-order chi connectivity index (χ1) is 8.49. The van der Waals surface area contributed by atoms with Gasteiger partial charge in [-0.2, -0.15) is 0 Å². The van der Waals surface area contributed by atoms with Crippen LogP contribution in [0.5, 0.6) is 0 Å². The van der Waals surface area contributed by atoms with Crippen LogP contribution in [0.25, 0.3) is 0 Å². The Kier molecular flexibility index (Phi) is 3.40. The Hall–Kier alpha value is -1.79. The number of carbonyl (C=O) groups excluding carboxylic acids is 1. The monoisotopic (exact) mass is 284 g/mol. The van der Waals surface area contributed by atoms with Crippen molar-refractivity contribution in [3.63, 3.8) is 0 Å². The van der Waals surface area contributed by atoms with Crippen LogP contribution in [0.3, 0.4) is 0 Å². The molecule has 18 heavy (non-hydrogen) atoms. The summed E-state index contributed by atoms with van der Waals surface area (Å²) in [5.41, 5.74) is 0.520. The number of amides is 1. The van der Waals surface area contributed by atoms with Crippen LogP contribution in [0.15, 0.2) is 23.7 Å². The summed E-state index contributed by atoms with van der Waals surface area (Å²) >= 11 is 7.07. The molecule has 2 rings (SSSR count). The molecule has 2 aromatic heterocycles. The van der Waals surface area contributed by atoms with E-state index in [9.17, 15) is 9.59 Å². The van der Waals surface area contributed by atoms with Gasteiger partial charge in [0.25, 0.3) is 5.91 Å². The van der Waals surface area contributed by atoms with E-state index in [0.29, 0.717) is 15.6 Å².